The predicted molar refractivity (Wildman–Crippen MR) is 111 cm³/mol. The Morgan fingerprint density at radius 3 is 1.85 bits per heavy atom. The molecule has 0 spiro atoms. The average Bonchev–Trinajstić information content (AvgIpc) is 2.76. The first-order valence-electron chi connectivity index (χ1n) is 10.0. The van der Waals surface area contributed by atoms with Gasteiger partial charge in [-0.15, -0.1) is 0 Å². The first-order valence-corrected chi connectivity index (χ1v) is 10.0. The Hall–Kier alpha value is -3.56. The lowest BCUT2D eigenvalue weighted by Crippen LogP contribution is -2.33. The molecule has 10 heteroatoms. The van der Waals surface area contributed by atoms with E-state index in [1.807, 2.05) is 0 Å². The molecule has 2 rings (SSSR count). The van der Waals surface area contributed by atoms with Crippen LogP contribution >= 0.6 is 0 Å². The summed E-state index contributed by atoms with van der Waals surface area (Å²) >= 11 is 0. The summed E-state index contributed by atoms with van der Waals surface area (Å²) in [7, 11) is 0. The van der Waals surface area contributed by atoms with Crippen LogP contribution in [0.4, 0.5) is 22.0 Å². The van der Waals surface area contributed by atoms with Gasteiger partial charge in [0.1, 0.15) is 5.60 Å². The number of ketones is 1. The second-order valence-corrected chi connectivity index (χ2v) is 8.02. The third kappa shape index (κ3) is 6.06. The molecule has 182 valence electrons. The van der Waals surface area contributed by atoms with Crippen LogP contribution in [-0.2, 0) is 19.1 Å². The van der Waals surface area contributed by atoms with Gasteiger partial charge in [0.25, 0.3) is 0 Å². The maximum atomic E-state index is 14.5. The summed E-state index contributed by atoms with van der Waals surface area (Å²) in [5.74, 6) is -17.5. The van der Waals surface area contributed by atoms with Crippen LogP contribution in [0, 0.1) is 29.1 Å². The number of halogens is 5. The van der Waals surface area contributed by atoms with Gasteiger partial charge in [0.2, 0.25) is 5.82 Å². The zero-order valence-electron chi connectivity index (χ0n) is 18.7. The molecule has 0 saturated heterocycles. The summed E-state index contributed by atoms with van der Waals surface area (Å²) < 4.78 is 79.9. The second-order valence-electron chi connectivity index (χ2n) is 8.02. The van der Waals surface area contributed by atoms with Gasteiger partial charge in [0.15, 0.2) is 35.0 Å². The molecule has 1 atom stereocenters. The fourth-order valence-corrected chi connectivity index (χ4v) is 2.87. The van der Waals surface area contributed by atoms with Crippen LogP contribution in [0.15, 0.2) is 30.3 Å². The summed E-state index contributed by atoms with van der Waals surface area (Å²) in [4.78, 5) is 37.2. The van der Waals surface area contributed by atoms with Gasteiger partial charge in [-0.25, -0.2) is 26.7 Å². The Kier molecular flexibility index (Phi) is 8.31. The Bertz CT molecular complexity index is 1100. The van der Waals surface area contributed by atoms with Crippen molar-refractivity contribution < 1.29 is 45.8 Å². The molecule has 0 saturated carbocycles. The van der Waals surface area contributed by atoms with Crippen molar-refractivity contribution in [2.45, 2.75) is 39.2 Å². The minimum atomic E-state index is -2.47. The lowest BCUT2D eigenvalue weighted by Gasteiger charge is -2.24. The lowest BCUT2D eigenvalue weighted by molar-refractivity contribution is -0.155. The van der Waals surface area contributed by atoms with Gasteiger partial charge in [0.05, 0.1) is 12.2 Å². The summed E-state index contributed by atoms with van der Waals surface area (Å²) in [5, 5.41) is 0. The van der Waals surface area contributed by atoms with Crippen LogP contribution in [0.5, 0.6) is 0 Å². The Balaban J connectivity index is 2.55. The number of carbonyl (C=O) groups is 3. The van der Waals surface area contributed by atoms with E-state index in [1.165, 1.54) is 39.0 Å². The van der Waals surface area contributed by atoms with Crippen molar-refractivity contribution in [1.82, 2.24) is 0 Å². The van der Waals surface area contributed by atoms with Crippen molar-refractivity contribution >= 4 is 23.8 Å². The Labute approximate surface area is 192 Å². The minimum Gasteiger partial charge on any atom is -0.463 e. The van der Waals surface area contributed by atoms with Crippen LogP contribution in [0.25, 0.3) is 6.08 Å². The highest BCUT2D eigenvalue weighted by atomic mass is 19.2. The number of benzene rings is 2. The van der Waals surface area contributed by atoms with E-state index < -0.39 is 63.9 Å². The van der Waals surface area contributed by atoms with E-state index in [9.17, 15) is 36.3 Å². The van der Waals surface area contributed by atoms with E-state index >= 15 is 0 Å². The van der Waals surface area contributed by atoms with E-state index in [2.05, 4.69) is 0 Å². The van der Waals surface area contributed by atoms with Crippen molar-refractivity contribution in [2.75, 3.05) is 6.61 Å². The topological polar surface area (TPSA) is 69.7 Å². The number of ether oxygens (including phenoxy) is 2. The number of carbonyl (C=O) groups excluding carboxylic acids is 3. The first-order chi connectivity index (χ1) is 15.8. The molecule has 2 aromatic carbocycles. The molecule has 0 radical (unpaired) electrons. The maximum Gasteiger partial charge on any atom is 0.330 e. The SMILES string of the molecule is CCOC(=O)/C=C/c1ccc(C(=O)C(C(=O)OC(C)(C)C)c2c(F)c(F)c(F)c(F)c2F)cc1. The van der Waals surface area contributed by atoms with Crippen LogP contribution in [0.2, 0.25) is 0 Å². The minimum absolute atomic E-state index is 0.167. The maximum absolute atomic E-state index is 14.5. The molecule has 1 unspecified atom stereocenters. The molecule has 0 aliphatic rings. The molecule has 2 aromatic rings. The molecule has 0 aliphatic carbocycles. The standard InChI is InChI=1S/C24H21F5O5/c1-5-33-14(30)11-8-12-6-9-13(10-7-12)22(31)16(23(32)34-24(2,3)4)15-17(25)19(27)21(29)20(28)18(15)26/h6-11,16H,5H2,1-4H3/b11-8+. The smallest absolute Gasteiger partial charge is 0.330 e. The molecule has 0 bridgehead atoms. The van der Waals surface area contributed by atoms with Gasteiger partial charge in [-0.05, 0) is 39.3 Å². The Morgan fingerprint density at radius 1 is 0.882 bits per heavy atom. The average molecular weight is 484 g/mol. The van der Waals surface area contributed by atoms with Gasteiger partial charge in [-0.2, -0.15) is 0 Å². The molecule has 0 amide bonds. The summed E-state index contributed by atoms with van der Waals surface area (Å²) in [6.45, 7) is 5.99. The van der Waals surface area contributed by atoms with Crippen LogP contribution in [-0.4, -0.2) is 29.9 Å². The van der Waals surface area contributed by atoms with E-state index in [0.717, 1.165) is 18.2 Å². The van der Waals surface area contributed by atoms with E-state index in [-0.39, 0.29) is 12.2 Å². The van der Waals surface area contributed by atoms with Crippen LogP contribution in [0.3, 0.4) is 0 Å². The monoisotopic (exact) mass is 484 g/mol. The van der Waals surface area contributed by atoms with E-state index in [0.29, 0.717) is 5.56 Å². The van der Waals surface area contributed by atoms with E-state index in [4.69, 9.17) is 9.47 Å². The van der Waals surface area contributed by atoms with Crippen LogP contribution < -0.4 is 0 Å². The largest absolute Gasteiger partial charge is 0.463 e. The molecule has 34 heavy (non-hydrogen) atoms. The fraction of sp³-hybridized carbons (Fsp3) is 0.292. The number of rotatable bonds is 7. The van der Waals surface area contributed by atoms with Crippen molar-refractivity contribution in [3.05, 3.63) is 76.1 Å². The van der Waals surface area contributed by atoms with Crippen molar-refractivity contribution in [3.8, 4) is 0 Å². The summed E-state index contributed by atoms with van der Waals surface area (Å²) in [5.41, 5.74) is -2.69. The highest BCUT2D eigenvalue weighted by molar-refractivity contribution is 6.13. The predicted octanol–water partition coefficient (Wildman–Crippen LogP) is 5.27. The molecule has 0 aliphatic heterocycles. The van der Waals surface area contributed by atoms with Crippen molar-refractivity contribution in [2.24, 2.45) is 0 Å². The fourth-order valence-electron chi connectivity index (χ4n) is 2.87. The van der Waals surface area contributed by atoms with Gasteiger partial charge in [0, 0.05) is 11.6 Å². The molecule has 5 nitrogen and oxygen atoms in total. The van der Waals surface area contributed by atoms with Gasteiger partial charge < -0.3 is 9.47 Å². The molecule has 0 heterocycles. The molecular formula is C24H21F5O5. The van der Waals surface area contributed by atoms with Crippen molar-refractivity contribution in [3.63, 3.8) is 0 Å². The highest BCUT2D eigenvalue weighted by Gasteiger charge is 2.41. The van der Waals surface area contributed by atoms with Crippen LogP contribution in [0.1, 0.15) is 55.1 Å². The highest BCUT2D eigenvalue weighted by Crippen LogP contribution is 2.33. The molecular weight excluding hydrogens is 463 g/mol. The zero-order valence-corrected chi connectivity index (χ0v) is 18.7. The molecule has 0 N–H and O–H groups in total. The van der Waals surface area contributed by atoms with Gasteiger partial charge in [-0.1, -0.05) is 24.3 Å². The summed E-state index contributed by atoms with van der Waals surface area (Å²) in [6.07, 6.45) is 2.49. The lowest BCUT2D eigenvalue weighted by atomic mass is 9.89. The van der Waals surface area contributed by atoms with Crippen molar-refractivity contribution in [1.29, 1.82) is 0 Å². The molecule has 0 aromatic heterocycles. The quantitative estimate of drug-likeness (QED) is 0.102. The van der Waals surface area contributed by atoms with E-state index in [1.54, 1.807) is 6.92 Å². The summed E-state index contributed by atoms with van der Waals surface area (Å²) in [6, 6.07) is 5.01. The number of Topliss-reactive ketones (excluding diaryl/α,β-unsaturated/α-hetero) is 1. The van der Waals surface area contributed by atoms with Gasteiger partial charge in [-0.3, -0.25) is 9.59 Å². The molecule has 0 fully saturated rings. The third-order valence-corrected chi connectivity index (χ3v) is 4.33. The number of esters is 2. The number of hydrogen-bond donors (Lipinski definition) is 0. The normalized spacial score (nSPS) is 12.5. The van der Waals surface area contributed by atoms with Gasteiger partial charge >= 0.3 is 11.9 Å². The second kappa shape index (κ2) is 10.6. The first kappa shape index (κ1) is 26.7. The zero-order chi connectivity index (χ0) is 25.8. The number of hydrogen-bond acceptors (Lipinski definition) is 5. The Morgan fingerprint density at radius 2 is 1.38 bits per heavy atom. The third-order valence-electron chi connectivity index (χ3n) is 4.33.